The monoisotopic (exact) mass is 291 g/mol. The third kappa shape index (κ3) is 3.30. The van der Waals surface area contributed by atoms with E-state index in [2.05, 4.69) is 21.7 Å². The van der Waals surface area contributed by atoms with Crippen LogP contribution in [0.2, 0.25) is 0 Å². The normalized spacial score (nSPS) is 37.6. The molecule has 4 rings (SSSR count). The van der Waals surface area contributed by atoms with E-state index in [1.807, 2.05) is 0 Å². The zero-order valence-electron chi connectivity index (χ0n) is 13.9. The van der Waals surface area contributed by atoms with E-state index >= 15 is 0 Å². The number of hydrogen-bond donors (Lipinski definition) is 0. The summed E-state index contributed by atoms with van der Waals surface area (Å²) >= 11 is 0. The number of rotatable bonds is 3. The molecule has 0 aromatic rings. The van der Waals surface area contributed by atoms with Crippen molar-refractivity contribution in [3.63, 3.8) is 0 Å². The molecule has 1 saturated carbocycles. The lowest BCUT2D eigenvalue weighted by Crippen LogP contribution is -2.47. The van der Waals surface area contributed by atoms with Gasteiger partial charge >= 0.3 is 0 Å². The highest BCUT2D eigenvalue weighted by molar-refractivity contribution is 4.98. The Morgan fingerprint density at radius 1 is 0.905 bits per heavy atom. The van der Waals surface area contributed by atoms with Crippen LogP contribution in [0.3, 0.4) is 0 Å². The van der Waals surface area contributed by atoms with E-state index in [-0.39, 0.29) is 0 Å². The number of piperidine rings is 2. The SMILES string of the molecule is CN1CCC(N2CCC3(CCCN(CC4CC4)C3)C2)CC1. The van der Waals surface area contributed by atoms with Gasteiger partial charge in [-0.2, -0.15) is 0 Å². The average molecular weight is 291 g/mol. The van der Waals surface area contributed by atoms with Crippen LogP contribution in [-0.4, -0.2) is 73.6 Å². The molecule has 4 fully saturated rings. The Balaban J connectivity index is 1.33. The lowest BCUT2D eigenvalue weighted by molar-refractivity contribution is 0.0738. The second-order valence-electron chi connectivity index (χ2n) is 8.54. The Morgan fingerprint density at radius 3 is 2.48 bits per heavy atom. The van der Waals surface area contributed by atoms with Gasteiger partial charge in [-0.3, -0.25) is 4.90 Å². The zero-order valence-corrected chi connectivity index (χ0v) is 13.9. The van der Waals surface area contributed by atoms with E-state index in [0.717, 1.165) is 12.0 Å². The zero-order chi connectivity index (χ0) is 14.3. The quantitative estimate of drug-likeness (QED) is 0.790. The molecule has 0 aromatic carbocycles. The fourth-order valence-corrected chi connectivity index (χ4v) is 5.11. The molecule has 1 aliphatic carbocycles. The van der Waals surface area contributed by atoms with Gasteiger partial charge in [0, 0.05) is 25.7 Å². The molecule has 3 heteroatoms. The summed E-state index contributed by atoms with van der Waals surface area (Å²) in [6.07, 6.45) is 10.2. The van der Waals surface area contributed by atoms with Gasteiger partial charge in [-0.05, 0) is 89.5 Å². The second-order valence-corrected chi connectivity index (χ2v) is 8.54. The van der Waals surface area contributed by atoms with Crippen LogP contribution in [0.5, 0.6) is 0 Å². The molecule has 120 valence electrons. The topological polar surface area (TPSA) is 9.72 Å². The van der Waals surface area contributed by atoms with Crippen LogP contribution >= 0.6 is 0 Å². The summed E-state index contributed by atoms with van der Waals surface area (Å²) in [5, 5.41) is 0. The summed E-state index contributed by atoms with van der Waals surface area (Å²) in [7, 11) is 2.28. The Kier molecular flexibility index (Phi) is 4.01. The molecule has 3 heterocycles. The van der Waals surface area contributed by atoms with Crippen molar-refractivity contribution in [1.29, 1.82) is 0 Å². The summed E-state index contributed by atoms with van der Waals surface area (Å²) in [6, 6.07) is 0.888. The molecule has 1 spiro atoms. The van der Waals surface area contributed by atoms with Crippen molar-refractivity contribution in [3.05, 3.63) is 0 Å². The van der Waals surface area contributed by atoms with Crippen LogP contribution in [0.25, 0.3) is 0 Å². The minimum Gasteiger partial charge on any atom is -0.306 e. The van der Waals surface area contributed by atoms with Gasteiger partial charge in [0.1, 0.15) is 0 Å². The summed E-state index contributed by atoms with van der Waals surface area (Å²) in [4.78, 5) is 8.19. The third-order valence-corrected chi connectivity index (χ3v) is 6.63. The summed E-state index contributed by atoms with van der Waals surface area (Å²) in [6.45, 7) is 9.60. The first-order valence-electron chi connectivity index (χ1n) is 9.37. The maximum atomic E-state index is 2.87. The van der Waals surface area contributed by atoms with Gasteiger partial charge in [0.05, 0.1) is 0 Å². The first-order valence-corrected chi connectivity index (χ1v) is 9.37. The van der Waals surface area contributed by atoms with E-state index in [0.29, 0.717) is 5.41 Å². The van der Waals surface area contributed by atoms with E-state index in [1.54, 1.807) is 0 Å². The van der Waals surface area contributed by atoms with Gasteiger partial charge in [-0.25, -0.2) is 0 Å². The summed E-state index contributed by atoms with van der Waals surface area (Å²) < 4.78 is 0. The largest absolute Gasteiger partial charge is 0.306 e. The molecule has 3 aliphatic heterocycles. The van der Waals surface area contributed by atoms with Crippen molar-refractivity contribution < 1.29 is 0 Å². The van der Waals surface area contributed by atoms with Crippen LogP contribution in [-0.2, 0) is 0 Å². The molecule has 21 heavy (non-hydrogen) atoms. The van der Waals surface area contributed by atoms with Crippen LogP contribution in [0, 0.1) is 11.3 Å². The van der Waals surface area contributed by atoms with Crippen LogP contribution in [0.1, 0.15) is 44.9 Å². The first-order chi connectivity index (χ1) is 10.2. The van der Waals surface area contributed by atoms with Gasteiger partial charge in [-0.15, -0.1) is 0 Å². The molecular weight excluding hydrogens is 258 g/mol. The minimum absolute atomic E-state index is 0.663. The molecule has 3 nitrogen and oxygen atoms in total. The molecule has 4 aliphatic rings. The van der Waals surface area contributed by atoms with Gasteiger partial charge in [0.15, 0.2) is 0 Å². The molecule has 0 N–H and O–H groups in total. The van der Waals surface area contributed by atoms with E-state index in [4.69, 9.17) is 0 Å². The maximum Gasteiger partial charge on any atom is 0.0120 e. The van der Waals surface area contributed by atoms with E-state index in [9.17, 15) is 0 Å². The Bertz CT molecular complexity index is 359. The van der Waals surface area contributed by atoms with Crippen LogP contribution in [0.15, 0.2) is 0 Å². The number of hydrogen-bond acceptors (Lipinski definition) is 3. The molecular formula is C18H33N3. The molecule has 0 amide bonds. The average Bonchev–Trinajstić information content (AvgIpc) is 3.21. The maximum absolute atomic E-state index is 2.87. The number of nitrogens with zero attached hydrogens (tertiary/aromatic N) is 3. The highest BCUT2D eigenvalue weighted by Gasteiger charge is 2.43. The van der Waals surface area contributed by atoms with Crippen molar-refractivity contribution >= 4 is 0 Å². The highest BCUT2D eigenvalue weighted by Crippen LogP contribution is 2.41. The second kappa shape index (κ2) is 5.82. The summed E-state index contributed by atoms with van der Waals surface area (Å²) in [5.74, 6) is 1.06. The predicted octanol–water partition coefficient (Wildman–Crippen LogP) is 2.28. The van der Waals surface area contributed by atoms with Gasteiger partial charge in [-0.1, -0.05) is 0 Å². The Hall–Kier alpha value is -0.120. The highest BCUT2D eigenvalue weighted by atomic mass is 15.2. The smallest absolute Gasteiger partial charge is 0.0120 e. The van der Waals surface area contributed by atoms with Crippen molar-refractivity contribution in [2.24, 2.45) is 11.3 Å². The lowest BCUT2D eigenvalue weighted by Gasteiger charge is -2.42. The summed E-state index contributed by atoms with van der Waals surface area (Å²) in [5.41, 5.74) is 0.663. The van der Waals surface area contributed by atoms with Crippen molar-refractivity contribution in [2.45, 2.75) is 51.0 Å². The van der Waals surface area contributed by atoms with Gasteiger partial charge in [0.25, 0.3) is 0 Å². The Morgan fingerprint density at radius 2 is 1.71 bits per heavy atom. The predicted molar refractivity (Wildman–Crippen MR) is 87.5 cm³/mol. The first kappa shape index (κ1) is 14.5. The fourth-order valence-electron chi connectivity index (χ4n) is 5.11. The van der Waals surface area contributed by atoms with E-state index < -0.39 is 0 Å². The minimum atomic E-state index is 0.663. The van der Waals surface area contributed by atoms with Gasteiger partial charge in [0.2, 0.25) is 0 Å². The molecule has 0 aromatic heterocycles. The van der Waals surface area contributed by atoms with Crippen LogP contribution < -0.4 is 0 Å². The number of likely N-dealkylation sites (tertiary alicyclic amines) is 3. The van der Waals surface area contributed by atoms with E-state index in [1.165, 1.54) is 90.8 Å². The molecule has 3 saturated heterocycles. The van der Waals surface area contributed by atoms with Gasteiger partial charge < -0.3 is 9.80 Å². The van der Waals surface area contributed by atoms with Crippen molar-refractivity contribution in [2.75, 3.05) is 52.9 Å². The van der Waals surface area contributed by atoms with Crippen LogP contribution in [0.4, 0.5) is 0 Å². The molecule has 0 bridgehead atoms. The lowest BCUT2D eigenvalue weighted by atomic mass is 9.79. The Labute approximate surface area is 130 Å². The van der Waals surface area contributed by atoms with Crippen molar-refractivity contribution in [1.82, 2.24) is 14.7 Å². The third-order valence-electron chi connectivity index (χ3n) is 6.63. The molecule has 1 atom stereocenters. The fraction of sp³-hybridized carbons (Fsp3) is 1.00. The molecule has 0 radical (unpaired) electrons. The molecule has 1 unspecified atom stereocenters. The van der Waals surface area contributed by atoms with Crippen molar-refractivity contribution in [3.8, 4) is 0 Å². The standard InChI is InChI=1S/C18H33N3/c1-19-10-5-17(6-11-19)21-12-8-18(15-21)7-2-9-20(14-18)13-16-3-4-16/h16-17H,2-15H2,1H3.